The zero-order chi connectivity index (χ0) is 10.3. The summed E-state index contributed by atoms with van der Waals surface area (Å²) >= 11 is 0. The molecule has 1 aromatic heterocycles. The molecule has 0 saturated carbocycles. The molecule has 0 fully saturated rings. The summed E-state index contributed by atoms with van der Waals surface area (Å²) in [6.45, 7) is 2.19. The van der Waals surface area contributed by atoms with E-state index in [1.54, 1.807) is 0 Å². The summed E-state index contributed by atoms with van der Waals surface area (Å²) in [5.41, 5.74) is 6.98. The lowest BCUT2D eigenvalue weighted by Gasteiger charge is -2.20. The molecule has 0 atom stereocenters. The van der Waals surface area contributed by atoms with Crippen molar-refractivity contribution < 1.29 is 0 Å². The van der Waals surface area contributed by atoms with Gasteiger partial charge < -0.3 is 0 Å². The zero-order valence-electron chi connectivity index (χ0n) is 8.83. The number of aromatic nitrogens is 1. The Balaban J connectivity index is 2.15. The second-order valence-corrected chi connectivity index (χ2v) is 4.18. The molecule has 74 valence electrons. The largest absolute Gasteiger partial charge is 0.261 e. The number of aryl methyl sites for hydroxylation is 1. The lowest BCUT2D eigenvalue weighted by Crippen LogP contribution is -2.10. The maximum absolute atomic E-state index is 4.45. The zero-order valence-corrected chi connectivity index (χ0v) is 8.83. The van der Waals surface area contributed by atoms with Crippen LogP contribution in [0.2, 0.25) is 0 Å². The molecule has 0 spiro atoms. The van der Waals surface area contributed by atoms with E-state index >= 15 is 0 Å². The molecule has 0 unspecified atom stereocenters. The van der Waals surface area contributed by atoms with E-state index in [1.807, 2.05) is 12.3 Å². The topological polar surface area (TPSA) is 12.9 Å². The monoisotopic (exact) mass is 195 g/mol. The maximum Gasteiger partial charge on any atom is 0.0482 e. The summed E-state index contributed by atoms with van der Waals surface area (Å²) in [6.07, 6.45) is 3.93. The third-order valence-corrected chi connectivity index (χ3v) is 3.22. The van der Waals surface area contributed by atoms with Gasteiger partial charge in [-0.05, 0) is 41.7 Å². The molecule has 0 amide bonds. The second-order valence-electron chi connectivity index (χ2n) is 4.18. The quantitative estimate of drug-likeness (QED) is 0.537. The van der Waals surface area contributed by atoms with Gasteiger partial charge in [0.2, 0.25) is 0 Å². The molecule has 2 aromatic rings. The van der Waals surface area contributed by atoms with Crippen molar-refractivity contribution in [3.63, 3.8) is 0 Å². The fourth-order valence-electron chi connectivity index (χ4n) is 2.34. The van der Waals surface area contributed by atoms with E-state index in [2.05, 4.69) is 36.2 Å². The number of hydrogen-bond acceptors (Lipinski definition) is 1. The number of pyridine rings is 1. The molecular formula is C14H13N. The van der Waals surface area contributed by atoms with E-state index < -0.39 is 0 Å². The molecule has 0 saturated heterocycles. The first kappa shape index (κ1) is 8.66. The van der Waals surface area contributed by atoms with Crippen LogP contribution in [0.4, 0.5) is 0 Å². The molecule has 0 radical (unpaired) electrons. The van der Waals surface area contributed by atoms with Crippen LogP contribution in [0.3, 0.4) is 0 Å². The van der Waals surface area contributed by atoms with Crippen molar-refractivity contribution in [3.05, 3.63) is 64.5 Å². The van der Waals surface area contributed by atoms with Crippen LogP contribution in [-0.2, 0) is 12.8 Å². The standard InChI is InChI=1S/C14H13N/c1-10-4-2-5-11-9-14-12(8-13(10)11)6-3-7-15-14/h2-7H,8-9H2,1H3. The Hall–Kier alpha value is -1.63. The van der Waals surface area contributed by atoms with Gasteiger partial charge in [-0.2, -0.15) is 0 Å². The average molecular weight is 195 g/mol. The molecule has 0 bridgehead atoms. The normalized spacial score (nSPS) is 13.1. The number of rotatable bonds is 0. The van der Waals surface area contributed by atoms with Crippen LogP contribution >= 0.6 is 0 Å². The Morgan fingerprint density at radius 1 is 1.00 bits per heavy atom. The smallest absolute Gasteiger partial charge is 0.0482 e. The van der Waals surface area contributed by atoms with Crippen molar-refractivity contribution in [2.75, 3.05) is 0 Å². The third kappa shape index (κ3) is 1.35. The van der Waals surface area contributed by atoms with Gasteiger partial charge in [0.15, 0.2) is 0 Å². The summed E-state index contributed by atoms with van der Waals surface area (Å²) < 4.78 is 0. The van der Waals surface area contributed by atoms with Gasteiger partial charge in [-0.3, -0.25) is 4.98 Å². The second kappa shape index (κ2) is 3.20. The Bertz CT molecular complexity index is 514. The van der Waals surface area contributed by atoms with Crippen LogP contribution in [0.15, 0.2) is 36.5 Å². The highest BCUT2D eigenvalue weighted by Gasteiger charge is 2.16. The molecular weight excluding hydrogens is 182 g/mol. The van der Waals surface area contributed by atoms with Gasteiger partial charge in [0.25, 0.3) is 0 Å². The highest BCUT2D eigenvalue weighted by molar-refractivity contribution is 5.45. The first-order chi connectivity index (χ1) is 7.34. The summed E-state index contributed by atoms with van der Waals surface area (Å²) in [6, 6.07) is 10.8. The summed E-state index contributed by atoms with van der Waals surface area (Å²) in [4.78, 5) is 4.45. The number of fused-ring (bicyclic) bond motifs is 2. The SMILES string of the molecule is Cc1cccc2c1Cc1cccnc1C2. The van der Waals surface area contributed by atoms with Gasteiger partial charge in [0, 0.05) is 18.3 Å². The van der Waals surface area contributed by atoms with Gasteiger partial charge in [-0.25, -0.2) is 0 Å². The molecule has 0 N–H and O–H groups in total. The number of nitrogens with zero attached hydrogens (tertiary/aromatic N) is 1. The van der Waals surface area contributed by atoms with Gasteiger partial charge in [0.1, 0.15) is 0 Å². The van der Waals surface area contributed by atoms with Crippen LogP contribution in [0.1, 0.15) is 27.9 Å². The molecule has 0 aliphatic heterocycles. The maximum atomic E-state index is 4.45. The predicted molar refractivity (Wildman–Crippen MR) is 61.0 cm³/mol. The van der Waals surface area contributed by atoms with Gasteiger partial charge in [-0.1, -0.05) is 24.3 Å². The van der Waals surface area contributed by atoms with Crippen LogP contribution in [0.5, 0.6) is 0 Å². The minimum absolute atomic E-state index is 0.993. The molecule has 1 aromatic carbocycles. The summed E-state index contributed by atoms with van der Waals surface area (Å²) in [5, 5.41) is 0. The lowest BCUT2D eigenvalue weighted by atomic mass is 9.86. The lowest BCUT2D eigenvalue weighted by molar-refractivity contribution is 0.932. The van der Waals surface area contributed by atoms with E-state index in [9.17, 15) is 0 Å². The van der Waals surface area contributed by atoms with Crippen molar-refractivity contribution in [2.24, 2.45) is 0 Å². The summed E-state index contributed by atoms with van der Waals surface area (Å²) in [5.74, 6) is 0. The fraction of sp³-hybridized carbons (Fsp3) is 0.214. The van der Waals surface area contributed by atoms with Gasteiger partial charge >= 0.3 is 0 Å². The Labute approximate surface area is 89.8 Å². The van der Waals surface area contributed by atoms with Crippen molar-refractivity contribution in [2.45, 2.75) is 19.8 Å². The van der Waals surface area contributed by atoms with Crippen molar-refractivity contribution in [3.8, 4) is 0 Å². The van der Waals surface area contributed by atoms with Crippen molar-refractivity contribution in [1.29, 1.82) is 0 Å². The van der Waals surface area contributed by atoms with Gasteiger partial charge in [0.05, 0.1) is 0 Å². The predicted octanol–water partition coefficient (Wildman–Crippen LogP) is 2.89. The van der Waals surface area contributed by atoms with E-state index in [0.717, 1.165) is 12.8 Å². The molecule has 15 heavy (non-hydrogen) atoms. The van der Waals surface area contributed by atoms with Crippen LogP contribution in [0, 0.1) is 6.92 Å². The minimum atomic E-state index is 0.993. The average Bonchev–Trinajstić information content (AvgIpc) is 2.27. The molecule has 1 nitrogen and oxygen atoms in total. The van der Waals surface area contributed by atoms with Crippen LogP contribution in [-0.4, -0.2) is 4.98 Å². The summed E-state index contributed by atoms with van der Waals surface area (Å²) in [7, 11) is 0. The fourth-order valence-corrected chi connectivity index (χ4v) is 2.34. The van der Waals surface area contributed by atoms with E-state index in [4.69, 9.17) is 0 Å². The molecule has 1 heterocycles. The van der Waals surface area contributed by atoms with E-state index in [-0.39, 0.29) is 0 Å². The number of benzene rings is 1. The Morgan fingerprint density at radius 3 is 2.80 bits per heavy atom. The molecule has 1 aliphatic carbocycles. The Kier molecular flexibility index (Phi) is 1.84. The highest BCUT2D eigenvalue weighted by atomic mass is 14.7. The third-order valence-electron chi connectivity index (χ3n) is 3.22. The number of hydrogen-bond donors (Lipinski definition) is 0. The first-order valence-corrected chi connectivity index (χ1v) is 5.35. The Morgan fingerprint density at radius 2 is 1.87 bits per heavy atom. The minimum Gasteiger partial charge on any atom is -0.261 e. The van der Waals surface area contributed by atoms with Crippen molar-refractivity contribution in [1.82, 2.24) is 4.98 Å². The molecule has 3 rings (SSSR count). The molecule has 1 aliphatic rings. The van der Waals surface area contributed by atoms with Gasteiger partial charge in [-0.15, -0.1) is 0 Å². The van der Waals surface area contributed by atoms with Crippen LogP contribution < -0.4 is 0 Å². The van der Waals surface area contributed by atoms with E-state index in [0.29, 0.717) is 0 Å². The molecule has 1 heteroatoms. The van der Waals surface area contributed by atoms with Crippen molar-refractivity contribution >= 4 is 0 Å². The first-order valence-electron chi connectivity index (χ1n) is 5.35. The van der Waals surface area contributed by atoms with E-state index in [1.165, 1.54) is 27.9 Å². The van der Waals surface area contributed by atoms with Crippen LogP contribution in [0.25, 0.3) is 0 Å². The highest BCUT2D eigenvalue weighted by Crippen LogP contribution is 2.27.